The molecule has 1 rings (SSSR count). The number of unbranched alkanes of at least 4 members (excludes halogenated alkanes) is 1. The third kappa shape index (κ3) is 3.90. The second-order valence-corrected chi connectivity index (χ2v) is 4.98. The highest BCUT2D eigenvalue weighted by Gasteiger charge is 2.09. The first kappa shape index (κ1) is 13.1. The van der Waals surface area contributed by atoms with E-state index in [9.17, 15) is 8.60 Å². The highest BCUT2D eigenvalue weighted by Crippen LogP contribution is 2.16. The quantitative estimate of drug-likeness (QED) is 0.615. The van der Waals surface area contributed by atoms with Crippen molar-refractivity contribution < 1.29 is 13.3 Å². The fraction of sp³-hybridized carbons (Fsp3) is 0.455. The number of hydrogen-bond acceptors (Lipinski definition) is 3. The summed E-state index contributed by atoms with van der Waals surface area (Å²) in [4.78, 5) is 0.228. The van der Waals surface area contributed by atoms with Gasteiger partial charge in [0.25, 0.3) is 0 Å². The minimum atomic E-state index is -1.29. The van der Waals surface area contributed by atoms with Crippen molar-refractivity contribution >= 4 is 16.5 Å². The molecule has 0 saturated carbocycles. The van der Waals surface area contributed by atoms with Crippen LogP contribution in [0.1, 0.15) is 12.8 Å². The minimum Gasteiger partial charge on any atom is -0.399 e. The molecule has 0 aliphatic heterocycles. The molecule has 0 heterocycles. The molecule has 0 radical (unpaired) electrons. The molecular weight excluding hydrogens is 229 g/mol. The molecule has 1 aromatic rings. The molecule has 3 nitrogen and oxygen atoms in total. The van der Waals surface area contributed by atoms with Gasteiger partial charge in [0, 0.05) is 25.2 Å². The second-order valence-electron chi connectivity index (χ2n) is 3.44. The van der Waals surface area contributed by atoms with Crippen molar-refractivity contribution in [1.82, 2.24) is 0 Å². The van der Waals surface area contributed by atoms with Crippen LogP contribution < -0.4 is 5.73 Å². The number of nitrogens with two attached hydrogens (primary N) is 1. The zero-order valence-electron chi connectivity index (χ0n) is 9.24. The van der Waals surface area contributed by atoms with Crippen LogP contribution in [0.3, 0.4) is 0 Å². The number of nitrogen functional groups attached to an aromatic ring is 1. The molecular formula is C11H16FNO2S. The maximum absolute atomic E-state index is 13.4. The van der Waals surface area contributed by atoms with Gasteiger partial charge < -0.3 is 10.5 Å². The van der Waals surface area contributed by atoms with Gasteiger partial charge in [0.15, 0.2) is 0 Å². The topological polar surface area (TPSA) is 52.3 Å². The third-order valence-electron chi connectivity index (χ3n) is 2.13. The summed E-state index contributed by atoms with van der Waals surface area (Å²) >= 11 is 0. The zero-order valence-corrected chi connectivity index (χ0v) is 10.1. The van der Waals surface area contributed by atoms with Gasteiger partial charge in [-0.2, -0.15) is 0 Å². The average molecular weight is 245 g/mol. The molecule has 0 aromatic heterocycles. The Morgan fingerprint density at radius 1 is 1.44 bits per heavy atom. The highest BCUT2D eigenvalue weighted by molar-refractivity contribution is 7.85. The van der Waals surface area contributed by atoms with E-state index < -0.39 is 16.6 Å². The Labute approximate surface area is 97.2 Å². The van der Waals surface area contributed by atoms with E-state index >= 15 is 0 Å². The predicted molar refractivity (Wildman–Crippen MR) is 63.2 cm³/mol. The summed E-state index contributed by atoms with van der Waals surface area (Å²) < 4.78 is 30.0. The van der Waals surface area contributed by atoms with Crippen molar-refractivity contribution in [3.63, 3.8) is 0 Å². The Hall–Kier alpha value is -0.940. The maximum Gasteiger partial charge on any atom is 0.141 e. The lowest BCUT2D eigenvalue weighted by molar-refractivity contribution is 0.194. The van der Waals surface area contributed by atoms with E-state index in [0.717, 1.165) is 12.8 Å². The van der Waals surface area contributed by atoms with Crippen LogP contribution in [0.5, 0.6) is 0 Å². The molecule has 5 heteroatoms. The summed E-state index contributed by atoms with van der Waals surface area (Å²) in [7, 11) is 0.329. The third-order valence-corrected chi connectivity index (χ3v) is 3.61. The van der Waals surface area contributed by atoms with Gasteiger partial charge in [-0.15, -0.1) is 0 Å². The fourth-order valence-corrected chi connectivity index (χ4v) is 2.47. The van der Waals surface area contributed by atoms with E-state index in [1.807, 2.05) is 0 Å². The molecule has 16 heavy (non-hydrogen) atoms. The van der Waals surface area contributed by atoms with Gasteiger partial charge in [-0.05, 0) is 31.0 Å². The predicted octanol–water partition coefficient (Wildman–Crippen LogP) is 1.94. The first-order valence-electron chi connectivity index (χ1n) is 5.07. The summed E-state index contributed by atoms with van der Waals surface area (Å²) in [5.74, 6) is -0.0467. The van der Waals surface area contributed by atoms with Crippen molar-refractivity contribution in [3.8, 4) is 0 Å². The van der Waals surface area contributed by atoms with E-state index in [2.05, 4.69) is 0 Å². The van der Waals surface area contributed by atoms with E-state index in [0.29, 0.717) is 18.0 Å². The molecule has 1 aromatic carbocycles. The van der Waals surface area contributed by atoms with Gasteiger partial charge in [0.2, 0.25) is 0 Å². The standard InChI is InChI=1S/C11H16FNO2S/c1-15-6-2-3-7-16(14)11-5-4-9(13)8-10(11)12/h4-5,8H,2-3,6-7,13H2,1H3. The summed E-state index contributed by atoms with van der Waals surface area (Å²) in [5, 5.41) is 0. The first-order valence-corrected chi connectivity index (χ1v) is 6.39. The van der Waals surface area contributed by atoms with Gasteiger partial charge in [0.1, 0.15) is 5.82 Å². The molecule has 0 aliphatic carbocycles. The van der Waals surface area contributed by atoms with Crippen LogP contribution >= 0.6 is 0 Å². The van der Waals surface area contributed by atoms with Crippen LogP contribution in [0.25, 0.3) is 0 Å². The normalized spacial score (nSPS) is 12.6. The smallest absolute Gasteiger partial charge is 0.141 e. The zero-order chi connectivity index (χ0) is 12.0. The van der Waals surface area contributed by atoms with Crippen molar-refractivity contribution in [3.05, 3.63) is 24.0 Å². The summed E-state index contributed by atoms with van der Waals surface area (Å²) in [6, 6.07) is 4.24. The van der Waals surface area contributed by atoms with E-state index in [4.69, 9.17) is 10.5 Å². The number of hydrogen-bond donors (Lipinski definition) is 1. The van der Waals surface area contributed by atoms with Gasteiger partial charge in [-0.3, -0.25) is 4.21 Å². The molecule has 1 unspecified atom stereocenters. The maximum atomic E-state index is 13.4. The second kappa shape index (κ2) is 6.60. The van der Waals surface area contributed by atoms with Crippen molar-refractivity contribution in [1.29, 1.82) is 0 Å². The van der Waals surface area contributed by atoms with Gasteiger partial charge in [-0.1, -0.05) is 0 Å². The lowest BCUT2D eigenvalue weighted by atomic mass is 10.3. The Bertz CT molecular complexity index is 371. The highest BCUT2D eigenvalue weighted by atomic mass is 32.2. The van der Waals surface area contributed by atoms with Crippen LogP contribution in [0.4, 0.5) is 10.1 Å². The van der Waals surface area contributed by atoms with Gasteiger partial charge in [0.05, 0.1) is 15.7 Å². The Balaban J connectivity index is 2.53. The molecule has 0 aliphatic rings. The molecule has 1 atom stereocenters. The number of anilines is 1. The van der Waals surface area contributed by atoms with E-state index in [1.54, 1.807) is 13.2 Å². The van der Waals surface area contributed by atoms with Crippen LogP contribution in [0, 0.1) is 5.82 Å². The molecule has 0 bridgehead atoms. The van der Waals surface area contributed by atoms with Gasteiger partial charge >= 0.3 is 0 Å². The minimum absolute atomic E-state index is 0.228. The van der Waals surface area contributed by atoms with Crippen LogP contribution in [0.15, 0.2) is 23.1 Å². The van der Waals surface area contributed by atoms with Crippen LogP contribution in [-0.4, -0.2) is 23.7 Å². The number of halogens is 1. The molecule has 2 N–H and O–H groups in total. The van der Waals surface area contributed by atoms with Crippen molar-refractivity contribution in [2.75, 3.05) is 25.2 Å². The lowest BCUT2D eigenvalue weighted by Crippen LogP contribution is -2.03. The van der Waals surface area contributed by atoms with Gasteiger partial charge in [-0.25, -0.2) is 4.39 Å². The van der Waals surface area contributed by atoms with Crippen molar-refractivity contribution in [2.24, 2.45) is 0 Å². The van der Waals surface area contributed by atoms with E-state index in [1.165, 1.54) is 12.1 Å². The average Bonchev–Trinajstić information content (AvgIpc) is 2.24. The molecule has 0 fully saturated rings. The molecule has 0 saturated heterocycles. The monoisotopic (exact) mass is 245 g/mol. The Morgan fingerprint density at radius 2 is 2.19 bits per heavy atom. The number of ether oxygens (including phenoxy) is 1. The molecule has 0 spiro atoms. The molecule has 90 valence electrons. The number of rotatable bonds is 6. The van der Waals surface area contributed by atoms with Crippen LogP contribution in [-0.2, 0) is 15.5 Å². The first-order chi connectivity index (χ1) is 7.65. The summed E-state index contributed by atoms with van der Waals surface area (Å²) in [6.45, 7) is 0.640. The van der Waals surface area contributed by atoms with Crippen LogP contribution in [0.2, 0.25) is 0 Å². The lowest BCUT2D eigenvalue weighted by Gasteiger charge is -2.04. The number of benzene rings is 1. The largest absolute Gasteiger partial charge is 0.399 e. The fourth-order valence-electron chi connectivity index (χ4n) is 1.29. The molecule has 0 amide bonds. The van der Waals surface area contributed by atoms with E-state index in [-0.39, 0.29) is 4.90 Å². The number of methoxy groups -OCH3 is 1. The Morgan fingerprint density at radius 3 is 2.81 bits per heavy atom. The SMILES string of the molecule is COCCCCS(=O)c1ccc(N)cc1F. The summed E-state index contributed by atoms with van der Waals surface area (Å²) in [6.07, 6.45) is 1.59. The summed E-state index contributed by atoms with van der Waals surface area (Å²) in [5.41, 5.74) is 5.76. The van der Waals surface area contributed by atoms with Crippen molar-refractivity contribution in [2.45, 2.75) is 17.7 Å². The Kier molecular flexibility index (Phi) is 5.42.